The molecule has 4 atom stereocenters. The van der Waals surface area contributed by atoms with Crippen LogP contribution in [0.25, 0.3) is 0 Å². The molecule has 7 heteroatoms. The molecule has 14 heavy (non-hydrogen) atoms. The number of fused-ring (bicyclic) bond motifs is 1. The molecular formula is C7H11N3O4. The van der Waals surface area contributed by atoms with Crippen LogP contribution in [0.1, 0.15) is 18.0 Å². The average Bonchev–Trinajstić information content (AvgIpc) is 2.64. The molecule has 0 aliphatic carbocycles. The summed E-state index contributed by atoms with van der Waals surface area (Å²) in [6.07, 6.45) is -3.18. The summed E-state index contributed by atoms with van der Waals surface area (Å²) >= 11 is 0. The maximum absolute atomic E-state index is 9.55. The Morgan fingerprint density at radius 2 is 2.07 bits per heavy atom. The molecule has 7 nitrogen and oxygen atoms in total. The Hall–Kier alpha value is -1.02. The molecule has 0 saturated carbocycles. The Morgan fingerprint density at radius 1 is 1.36 bits per heavy atom. The van der Waals surface area contributed by atoms with Crippen molar-refractivity contribution in [1.29, 1.82) is 0 Å². The Labute approximate surface area is 79.5 Å². The van der Waals surface area contributed by atoms with Gasteiger partial charge in [0, 0.05) is 7.11 Å². The van der Waals surface area contributed by atoms with Gasteiger partial charge in [0.15, 0.2) is 6.23 Å². The highest BCUT2D eigenvalue weighted by atomic mass is 16.5. The van der Waals surface area contributed by atoms with Gasteiger partial charge >= 0.3 is 0 Å². The lowest BCUT2D eigenvalue weighted by molar-refractivity contribution is -0.166. The number of ether oxygens (including phenoxy) is 1. The van der Waals surface area contributed by atoms with E-state index >= 15 is 0 Å². The first-order chi connectivity index (χ1) is 6.66. The molecule has 0 fully saturated rings. The number of aliphatic hydroxyl groups is 3. The zero-order chi connectivity index (χ0) is 10.3. The molecular weight excluding hydrogens is 190 g/mol. The smallest absolute Gasteiger partial charge is 0.180 e. The standard InChI is InChI=1S/C7H11N3O4/c1-14-7-6(13)5(12)4(11)3-2-8-9-10(3)7/h2,4-7,11-13H,1H3/t4-,5+,6-,7-/m0/s1. The van der Waals surface area contributed by atoms with Gasteiger partial charge in [0.1, 0.15) is 18.3 Å². The molecule has 0 saturated heterocycles. The quantitative estimate of drug-likeness (QED) is 0.495. The number of methoxy groups -OCH3 is 1. The molecule has 3 N–H and O–H groups in total. The van der Waals surface area contributed by atoms with E-state index in [9.17, 15) is 15.3 Å². The molecule has 0 radical (unpaired) electrons. The highest BCUT2D eigenvalue weighted by Crippen LogP contribution is 2.31. The molecule has 0 unspecified atom stereocenters. The summed E-state index contributed by atoms with van der Waals surface area (Å²) < 4.78 is 6.20. The van der Waals surface area contributed by atoms with E-state index in [1.165, 1.54) is 18.0 Å². The summed E-state index contributed by atoms with van der Waals surface area (Å²) in [4.78, 5) is 0. The predicted octanol–water partition coefficient (Wildman–Crippen LogP) is -1.81. The normalized spacial score (nSPS) is 36.9. The van der Waals surface area contributed by atoms with Crippen molar-refractivity contribution in [3.8, 4) is 0 Å². The first-order valence-corrected chi connectivity index (χ1v) is 4.14. The fourth-order valence-corrected chi connectivity index (χ4v) is 1.58. The maximum Gasteiger partial charge on any atom is 0.180 e. The first kappa shape index (κ1) is 9.53. The van der Waals surface area contributed by atoms with Gasteiger partial charge in [-0.25, -0.2) is 4.68 Å². The van der Waals surface area contributed by atoms with E-state index < -0.39 is 24.5 Å². The molecule has 0 aromatic carbocycles. The monoisotopic (exact) mass is 201 g/mol. The minimum absolute atomic E-state index is 0.328. The lowest BCUT2D eigenvalue weighted by atomic mass is 10.0. The largest absolute Gasteiger partial charge is 0.387 e. The third-order valence-electron chi connectivity index (χ3n) is 2.35. The topological polar surface area (TPSA) is 101 Å². The van der Waals surface area contributed by atoms with Gasteiger partial charge in [-0.05, 0) is 0 Å². The second-order valence-corrected chi connectivity index (χ2v) is 3.16. The molecule has 0 spiro atoms. The maximum atomic E-state index is 9.55. The number of hydrogen-bond donors (Lipinski definition) is 3. The van der Waals surface area contributed by atoms with Crippen molar-refractivity contribution < 1.29 is 20.1 Å². The van der Waals surface area contributed by atoms with Gasteiger partial charge < -0.3 is 20.1 Å². The van der Waals surface area contributed by atoms with Gasteiger partial charge in [0.05, 0.1) is 11.9 Å². The number of aromatic nitrogens is 3. The highest BCUT2D eigenvalue weighted by Gasteiger charge is 2.41. The molecule has 1 aromatic heterocycles. The Bertz CT molecular complexity index is 328. The number of rotatable bonds is 1. The highest BCUT2D eigenvalue weighted by molar-refractivity contribution is 5.08. The van der Waals surface area contributed by atoms with Crippen molar-refractivity contribution in [2.45, 2.75) is 24.5 Å². The molecule has 2 heterocycles. The fourth-order valence-electron chi connectivity index (χ4n) is 1.58. The molecule has 0 bridgehead atoms. The van der Waals surface area contributed by atoms with Crippen LogP contribution in [0.3, 0.4) is 0 Å². The number of aliphatic hydroxyl groups excluding tert-OH is 3. The van der Waals surface area contributed by atoms with Crippen molar-refractivity contribution in [1.82, 2.24) is 15.0 Å². The van der Waals surface area contributed by atoms with Crippen LogP contribution in [0.15, 0.2) is 6.20 Å². The summed E-state index contributed by atoms with van der Waals surface area (Å²) in [6.45, 7) is 0. The van der Waals surface area contributed by atoms with Crippen molar-refractivity contribution in [3.05, 3.63) is 11.9 Å². The SMILES string of the molecule is CO[C@H]1[C@@H](O)[C@H](O)[C@@H](O)c2cnnn21. The average molecular weight is 201 g/mol. The second kappa shape index (κ2) is 3.28. The predicted molar refractivity (Wildman–Crippen MR) is 43.0 cm³/mol. The zero-order valence-electron chi connectivity index (χ0n) is 7.48. The minimum Gasteiger partial charge on any atom is -0.387 e. The summed E-state index contributed by atoms with van der Waals surface area (Å²) in [7, 11) is 1.38. The second-order valence-electron chi connectivity index (χ2n) is 3.16. The van der Waals surface area contributed by atoms with Crippen LogP contribution in [0.4, 0.5) is 0 Å². The molecule has 0 amide bonds. The summed E-state index contributed by atoms with van der Waals surface area (Å²) in [6, 6.07) is 0. The van der Waals surface area contributed by atoms with Crippen LogP contribution < -0.4 is 0 Å². The molecule has 2 rings (SSSR count). The van der Waals surface area contributed by atoms with E-state index in [-0.39, 0.29) is 0 Å². The lowest BCUT2D eigenvalue weighted by Gasteiger charge is -2.34. The number of nitrogens with zero attached hydrogens (tertiary/aromatic N) is 3. The van der Waals surface area contributed by atoms with Crippen molar-refractivity contribution in [3.63, 3.8) is 0 Å². The summed E-state index contributed by atoms with van der Waals surface area (Å²) in [5.74, 6) is 0. The Balaban J connectivity index is 2.44. The van der Waals surface area contributed by atoms with Crippen LogP contribution in [0.5, 0.6) is 0 Å². The third-order valence-corrected chi connectivity index (χ3v) is 2.35. The third kappa shape index (κ3) is 1.14. The van der Waals surface area contributed by atoms with Gasteiger partial charge in [-0.2, -0.15) is 0 Å². The minimum atomic E-state index is -1.29. The lowest BCUT2D eigenvalue weighted by Crippen LogP contribution is -2.45. The van der Waals surface area contributed by atoms with Gasteiger partial charge in [-0.3, -0.25) is 0 Å². The van der Waals surface area contributed by atoms with Crippen LogP contribution in [-0.4, -0.2) is 49.6 Å². The summed E-state index contributed by atoms with van der Waals surface area (Å²) in [5, 5.41) is 35.8. The van der Waals surface area contributed by atoms with E-state index in [2.05, 4.69) is 10.3 Å². The van der Waals surface area contributed by atoms with E-state index in [0.717, 1.165) is 0 Å². The Morgan fingerprint density at radius 3 is 2.71 bits per heavy atom. The van der Waals surface area contributed by atoms with Crippen LogP contribution in [0.2, 0.25) is 0 Å². The van der Waals surface area contributed by atoms with Crippen molar-refractivity contribution in [2.75, 3.05) is 7.11 Å². The van der Waals surface area contributed by atoms with Crippen LogP contribution >= 0.6 is 0 Å². The summed E-state index contributed by atoms with van der Waals surface area (Å²) in [5.41, 5.74) is 0.328. The van der Waals surface area contributed by atoms with Crippen LogP contribution in [0, 0.1) is 0 Å². The van der Waals surface area contributed by atoms with Crippen molar-refractivity contribution >= 4 is 0 Å². The fraction of sp³-hybridized carbons (Fsp3) is 0.714. The van der Waals surface area contributed by atoms with E-state index in [0.29, 0.717) is 5.69 Å². The molecule has 1 aromatic rings. The van der Waals surface area contributed by atoms with Gasteiger partial charge in [0.25, 0.3) is 0 Å². The van der Waals surface area contributed by atoms with Gasteiger partial charge in [-0.1, -0.05) is 5.21 Å². The first-order valence-electron chi connectivity index (χ1n) is 4.14. The molecule has 1 aliphatic heterocycles. The van der Waals surface area contributed by atoms with Gasteiger partial charge in [-0.15, -0.1) is 5.10 Å². The van der Waals surface area contributed by atoms with Gasteiger partial charge in [0.2, 0.25) is 0 Å². The van der Waals surface area contributed by atoms with E-state index in [1.54, 1.807) is 0 Å². The zero-order valence-corrected chi connectivity index (χ0v) is 7.48. The molecule has 78 valence electrons. The van der Waals surface area contributed by atoms with E-state index in [1.807, 2.05) is 0 Å². The Kier molecular flexibility index (Phi) is 2.23. The van der Waals surface area contributed by atoms with Crippen molar-refractivity contribution in [2.24, 2.45) is 0 Å². The van der Waals surface area contributed by atoms with E-state index in [4.69, 9.17) is 4.74 Å². The molecule has 1 aliphatic rings. The number of hydrogen-bond acceptors (Lipinski definition) is 6. The van der Waals surface area contributed by atoms with Crippen LogP contribution in [-0.2, 0) is 4.74 Å².